The first-order valence-corrected chi connectivity index (χ1v) is 8.59. The molecule has 0 radical (unpaired) electrons. The summed E-state index contributed by atoms with van der Waals surface area (Å²) in [5, 5.41) is 11.7. The molecule has 3 N–H and O–H groups in total. The van der Waals surface area contributed by atoms with Crippen LogP contribution in [0.5, 0.6) is 5.75 Å². The van der Waals surface area contributed by atoms with Gasteiger partial charge in [0.05, 0.1) is 17.2 Å². The molecule has 0 saturated carbocycles. The second kappa shape index (κ2) is 8.67. The molecule has 0 fully saturated rings. The maximum Gasteiger partial charge on any atom is 0.255 e. The summed E-state index contributed by atoms with van der Waals surface area (Å²) >= 11 is 0. The van der Waals surface area contributed by atoms with Crippen LogP contribution in [0, 0.1) is 17.1 Å². The monoisotopic (exact) mass is 389 g/mol. The Morgan fingerprint density at radius 3 is 2.62 bits per heavy atom. The molecule has 0 heterocycles. The molecule has 0 aliphatic rings. The Balaban J connectivity index is 1.72. The molecule has 0 aliphatic heterocycles. The molecule has 0 atom stereocenters. The molecule has 0 unspecified atom stereocenters. The molecule has 29 heavy (non-hydrogen) atoms. The van der Waals surface area contributed by atoms with E-state index in [9.17, 15) is 14.0 Å². The lowest BCUT2D eigenvalue weighted by Crippen LogP contribution is -2.16. The molecule has 0 aliphatic carbocycles. The Labute approximate surface area is 166 Å². The number of hydrogen-bond donors (Lipinski definition) is 2. The van der Waals surface area contributed by atoms with Crippen LogP contribution in [0.2, 0.25) is 0 Å². The van der Waals surface area contributed by atoms with E-state index in [0.29, 0.717) is 16.9 Å². The molecule has 2 amide bonds. The molecule has 0 spiro atoms. The second-order valence-corrected chi connectivity index (χ2v) is 6.10. The first-order chi connectivity index (χ1) is 14.0. The summed E-state index contributed by atoms with van der Waals surface area (Å²) in [4.78, 5) is 23.7. The Hall–Kier alpha value is -4.18. The summed E-state index contributed by atoms with van der Waals surface area (Å²) in [6, 6.07) is 19.2. The van der Waals surface area contributed by atoms with Crippen molar-refractivity contribution in [3.63, 3.8) is 0 Å². The SMILES string of the molecule is N#Cc1ccccc1COc1cccc(C(=O)Nc2ccc(F)c(C(N)=O)c2)c1. The largest absolute Gasteiger partial charge is 0.489 e. The van der Waals surface area contributed by atoms with Gasteiger partial charge in [-0.1, -0.05) is 24.3 Å². The van der Waals surface area contributed by atoms with E-state index in [0.717, 1.165) is 11.6 Å². The van der Waals surface area contributed by atoms with Crippen LogP contribution in [0.1, 0.15) is 31.8 Å². The van der Waals surface area contributed by atoms with Crippen molar-refractivity contribution in [3.05, 3.63) is 94.8 Å². The standard InChI is InChI=1S/C22H16FN3O3/c23-20-9-8-17(11-19(20)21(25)27)26-22(28)14-6-3-7-18(10-14)29-13-16-5-2-1-4-15(16)12-24/h1-11H,13H2,(H2,25,27)(H,26,28). The van der Waals surface area contributed by atoms with Gasteiger partial charge in [0.15, 0.2) is 0 Å². The fourth-order valence-corrected chi connectivity index (χ4v) is 2.64. The zero-order valence-electron chi connectivity index (χ0n) is 15.2. The maximum absolute atomic E-state index is 13.6. The van der Waals surface area contributed by atoms with Crippen LogP contribution in [0.3, 0.4) is 0 Å². The van der Waals surface area contributed by atoms with Gasteiger partial charge >= 0.3 is 0 Å². The van der Waals surface area contributed by atoms with Gasteiger partial charge in [-0.05, 0) is 42.5 Å². The number of amides is 2. The van der Waals surface area contributed by atoms with E-state index in [1.54, 1.807) is 42.5 Å². The third kappa shape index (κ3) is 4.76. The van der Waals surface area contributed by atoms with Gasteiger partial charge in [0.2, 0.25) is 0 Å². The number of anilines is 1. The predicted octanol–water partition coefficient (Wildman–Crippen LogP) is 3.63. The Bertz CT molecular complexity index is 1120. The maximum atomic E-state index is 13.6. The van der Waals surface area contributed by atoms with E-state index < -0.39 is 17.6 Å². The minimum absolute atomic E-state index is 0.175. The summed E-state index contributed by atoms with van der Waals surface area (Å²) in [7, 11) is 0. The summed E-state index contributed by atoms with van der Waals surface area (Å²) in [5.74, 6) is -1.70. The molecule has 3 rings (SSSR count). The van der Waals surface area contributed by atoms with Gasteiger partial charge in [0, 0.05) is 16.8 Å². The fraction of sp³-hybridized carbons (Fsp3) is 0.0455. The number of nitrogens with two attached hydrogens (primary N) is 1. The van der Waals surface area contributed by atoms with Crippen LogP contribution in [0.25, 0.3) is 0 Å². The number of carbonyl (C=O) groups is 2. The van der Waals surface area contributed by atoms with Crippen molar-refractivity contribution in [2.45, 2.75) is 6.61 Å². The number of halogens is 1. The highest BCUT2D eigenvalue weighted by atomic mass is 19.1. The van der Waals surface area contributed by atoms with Crippen LogP contribution >= 0.6 is 0 Å². The lowest BCUT2D eigenvalue weighted by atomic mass is 10.1. The van der Waals surface area contributed by atoms with Gasteiger partial charge in [-0.3, -0.25) is 9.59 Å². The third-order valence-corrected chi connectivity index (χ3v) is 4.12. The third-order valence-electron chi connectivity index (χ3n) is 4.12. The number of hydrogen-bond acceptors (Lipinski definition) is 4. The van der Waals surface area contributed by atoms with E-state index >= 15 is 0 Å². The molecule has 3 aromatic rings. The lowest BCUT2D eigenvalue weighted by Gasteiger charge is -2.10. The molecule has 0 saturated heterocycles. The van der Waals surface area contributed by atoms with Gasteiger partial charge in [-0.25, -0.2) is 4.39 Å². The molecular weight excluding hydrogens is 373 g/mol. The van der Waals surface area contributed by atoms with Gasteiger partial charge in [-0.15, -0.1) is 0 Å². The van der Waals surface area contributed by atoms with Gasteiger partial charge < -0.3 is 15.8 Å². The molecule has 6 nitrogen and oxygen atoms in total. The minimum atomic E-state index is -0.924. The molecule has 0 bridgehead atoms. The summed E-state index contributed by atoms with van der Waals surface area (Å²) in [5.41, 5.74) is 6.60. The van der Waals surface area contributed by atoms with E-state index in [2.05, 4.69) is 11.4 Å². The number of carbonyl (C=O) groups excluding carboxylic acids is 2. The Kier molecular flexibility index (Phi) is 5.85. The highest BCUT2D eigenvalue weighted by molar-refractivity contribution is 6.05. The number of nitriles is 1. The quantitative estimate of drug-likeness (QED) is 0.671. The van der Waals surface area contributed by atoms with Crippen LogP contribution in [0.15, 0.2) is 66.7 Å². The fourth-order valence-electron chi connectivity index (χ4n) is 2.64. The number of primary amides is 1. The van der Waals surface area contributed by atoms with Gasteiger partial charge in [0.25, 0.3) is 11.8 Å². The number of benzene rings is 3. The smallest absolute Gasteiger partial charge is 0.255 e. The molecule has 144 valence electrons. The normalized spacial score (nSPS) is 10.1. The number of nitrogens with zero attached hydrogens (tertiary/aromatic N) is 1. The van der Waals surface area contributed by atoms with Crippen LogP contribution < -0.4 is 15.8 Å². The molecule has 3 aromatic carbocycles. The summed E-state index contributed by atoms with van der Waals surface area (Å²) < 4.78 is 19.3. The molecule has 0 aromatic heterocycles. The van der Waals surface area contributed by atoms with E-state index in [-0.39, 0.29) is 17.9 Å². The van der Waals surface area contributed by atoms with Crippen molar-refractivity contribution in [2.75, 3.05) is 5.32 Å². The Morgan fingerprint density at radius 2 is 1.86 bits per heavy atom. The topological polar surface area (TPSA) is 105 Å². The number of rotatable bonds is 6. The van der Waals surface area contributed by atoms with E-state index in [1.165, 1.54) is 12.1 Å². The first-order valence-electron chi connectivity index (χ1n) is 8.59. The van der Waals surface area contributed by atoms with E-state index in [4.69, 9.17) is 15.7 Å². The number of ether oxygens (including phenoxy) is 1. The summed E-state index contributed by atoms with van der Waals surface area (Å²) in [6.45, 7) is 0.175. The molecular formula is C22H16FN3O3. The average Bonchev–Trinajstić information content (AvgIpc) is 2.73. The van der Waals surface area contributed by atoms with Crippen molar-refractivity contribution in [3.8, 4) is 11.8 Å². The van der Waals surface area contributed by atoms with Gasteiger partial charge in [0.1, 0.15) is 18.2 Å². The van der Waals surface area contributed by atoms with Crippen LogP contribution in [-0.4, -0.2) is 11.8 Å². The lowest BCUT2D eigenvalue weighted by molar-refractivity contribution is 0.0992. The first kappa shape index (κ1) is 19.6. The van der Waals surface area contributed by atoms with Crippen LogP contribution in [0.4, 0.5) is 10.1 Å². The van der Waals surface area contributed by atoms with E-state index in [1.807, 2.05) is 6.07 Å². The van der Waals surface area contributed by atoms with Crippen molar-refractivity contribution in [1.29, 1.82) is 5.26 Å². The van der Waals surface area contributed by atoms with Gasteiger partial charge in [-0.2, -0.15) is 5.26 Å². The van der Waals surface area contributed by atoms with Crippen LogP contribution in [-0.2, 0) is 6.61 Å². The molecule has 7 heteroatoms. The predicted molar refractivity (Wildman–Crippen MR) is 105 cm³/mol. The highest BCUT2D eigenvalue weighted by Crippen LogP contribution is 2.19. The second-order valence-electron chi connectivity index (χ2n) is 6.10. The van der Waals surface area contributed by atoms with Crippen molar-refractivity contribution in [2.24, 2.45) is 5.73 Å². The zero-order valence-corrected chi connectivity index (χ0v) is 15.2. The zero-order chi connectivity index (χ0) is 20.8. The van der Waals surface area contributed by atoms with Crippen molar-refractivity contribution >= 4 is 17.5 Å². The van der Waals surface area contributed by atoms with Crippen molar-refractivity contribution < 1.29 is 18.7 Å². The minimum Gasteiger partial charge on any atom is -0.489 e. The Morgan fingerprint density at radius 1 is 1.07 bits per heavy atom. The highest BCUT2D eigenvalue weighted by Gasteiger charge is 2.12. The number of nitrogens with one attached hydrogen (secondary N) is 1. The van der Waals surface area contributed by atoms with Crippen molar-refractivity contribution in [1.82, 2.24) is 0 Å². The average molecular weight is 389 g/mol. The summed E-state index contributed by atoms with van der Waals surface area (Å²) in [6.07, 6.45) is 0.